The van der Waals surface area contributed by atoms with Gasteiger partial charge in [-0.2, -0.15) is 0 Å². The summed E-state index contributed by atoms with van der Waals surface area (Å²) >= 11 is 5.96. The summed E-state index contributed by atoms with van der Waals surface area (Å²) in [5.41, 5.74) is 5.29. The van der Waals surface area contributed by atoms with Gasteiger partial charge in [-0.05, 0) is 25.3 Å². The Morgan fingerprint density at radius 2 is 2.00 bits per heavy atom. The second kappa shape index (κ2) is 5.19. The number of nitrogens with two attached hydrogens (primary N) is 1. The SMILES string of the molecule is NC1(C(=O)N[C@@H](C(=O)O)c2ccccc2Cl)CCC1. The molecule has 0 aliphatic heterocycles. The van der Waals surface area contributed by atoms with Gasteiger partial charge in [0.2, 0.25) is 5.91 Å². The van der Waals surface area contributed by atoms with Crippen molar-refractivity contribution in [3.8, 4) is 0 Å². The van der Waals surface area contributed by atoms with Crippen LogP contribution in [0, 0.1) is 0 Å². The molecule has 1 aliphatic rings. The summed E-state index contributed by atoms with van der Waals surface area (Å²) < 4.78 is 0. The standard InChI is InChI=1S/C13H15ClN2O3/c14-9-5-2-1-4-8(9)10(11(17)18)16-12(19)13(15)6-3-7-13/h1-2,4-5,10H,3,6-7,15H2,(H,16,19)(H,17,18)/t10-/m1/s1. The van der Waals surface area contributed by atoms with Gasteiger partial charge in [0.1, 0.15) is 0 Å². The maximum atomic E-state index is 12.0. The number of aliphatic carboxylic acids is 1. The number of carboxylic acids is 1. The molecule has 0 spiro atoms. The Bertz CT molecular complexity index is 514. The number of hydrogen-bond donors (Lipinski definition) is 3. The molecule has 1 aliphatic carbocycles. The Morgan fingerprint density at radius 1 is 1.37 bits per heavy atom. The Labute approximate surface area is 115 Å². The zero-order valence-corrected chi connectivity index (χ0v) is 11.0. The summed E-state index contributed by atoms with van der Waals surface area (Å²) in [6.45, 7) is 0. The third-order valence-electron chi connectivity index (χ3n) is 3.44. The van der Waals surface area contributed by atoms with Crippen molar-refractivity contribution in [2.24, 2.45) is 5.73 Å². The van der Waals surface area contributed by atoms with E-state index in [4.69, 9.17) is 17.3 Å². The fourth-order valence-corrected chi connectivity index (χ4v) is 2.29. The molecule has 1 saturated carbocycles. The van der Waals surface area contributed by atoms with Gasteiger partial charge in [0.05, 0.1) is 5.54 Å². The highest BCUT2D eigenvalue weighted by atomic mass is 35.5. The maximum absolute atomic E-state index is 12.0. The van der Waals surface area contributed by atoms with E-state index in [0.29, 0.717) is 23.4 Å². The summed E-state index contributed by atoms with van der Waals surface area (Å²) in [6, 6.07) is 5.35. The number of benzene rings is 1. The van der Waals surface area contributed by atoms with Crippen LogP contribution in [0.1, 0.15) is 30.9 Å². The molecule has 1 fully saturated rings. The van der Waals surface area contributed by atoms with E-state index in [2.05, 4.69) is 5.32 Å². The van der Waals surface area contributed by atoms with Crippen molar-refractivity contribution in [2.75, 3.05) is 0 Å². The van der Waals surface area contributed by atoms with E-state index in [0.717, 1.165) is 6.42 Å². The summed E-state index contributed by atoms with van der Waals surface area (Å²) in [5, 5.41) is 12.0. The van der Waals surface area contributed by atoms with E-state index >= 15 is 0 Å². The first-order chi connectivity index (χ1) is 8.94. The van der Waals surface area contributed by atoms with Crippen molar-refractivity contribution in [1.29, 1.82) is 0 Å². The van der Waals surface area contributed by atoms with E-state index in [-0.39, 0.29) is 0 Å². The monoisotopic (exact) mass is 282 g/mol. The molecule has 1 aromatic carbocycles. The minimum atomic E-state index is -1.18. The Morgan fingerprint density at radius 3 is 2.47 bits per heavy atom. The highest BCUT2D eigenvalue weighted by Gasteiger charge is 2.41. The molecule has 4 N–H and O–H groups in total. The molecule has 0 saturated heterocycles. The average Bonchev–Trinajstić information content (AvgIpc) is 2.33. The second-order valence-corrected chi connectivity index (χ2v) is 5.18. The van der Waals surface area contributed by atoms with Crippen LogP contribution in [0.3, 0.4) is 0 Å². The summed E-state index contributed by atoms with van der Waals surface area (Å²) in [7, 11) is 0. The minimum absolute atomic E-state index is 0.301. The predicted molar refractivity (Wildman–Crippen MR) is 70.7 cm³/mol. The fraction of sp³-hybridized carbons (Fsp3) is 0.385. The van der Waals surface area contributed by atoms with Gasteiger partial charge in [-0.25, -0.2) is 4.79 Å². The van der Waals surface area contributed by atoms with E-state index in [1.807, 2.05) is 0 Å². The van der Waals surface area contributed by atoms with Crippen LogP contribution in [0.2, 0.25) is 5.02 Å². The van der Waals surface area contributed by atoms with Gasteiger partial charge in [0, 0.05) is 10.6 Å². The van der Waals surface area contributed by atoms with Crippen LogP contribution < -0.4 is 11.1 Å². The van der Waals surface area contributed by atoms with Crippen molar-refractivity contribution in [1.82, 2.24) is 5.32 Å². The number of nitrogens with one attached hydrogen (secondary N) is 1. The van der Waals surface area contributed by atoms with Gasteiger partial charge in [0.15, 0.2) is 6.04 Å². The van der Waals surface area contributed by atoms with Crippen LogP contribution in [-0.4, -0.2) is 22.5 Å². The molecular formula is C13H15ClN2O3. The Balaban J connectivity index is 2.20. The number of rotatable bonds is 4. The normalized spacial score (nSPS) is 18.2. The lowest BCUT2D eigenvalue weighted by Gasteiger charge is -2.37. The summed E-state index contributed by atoms with van der Waals surface area (Å²) in [4.78, 5) is 23.3. The van der Waals surface area contributed by atoms with E-state index in [1.165, 1.54) is 0 Å². The average molecular weight is 283 g/mol. The van der Waals surface area contributed by atoms with Crippen LogP contribution in [0.15, 0.2) is 24.3 Å². The van der Waals surface area contributed by atoms with Crippen molar-refractivity contribution >= 4 is 23.5 Å². The first-order valence-electron chi connectivity index (χ1n) is 6.01. The molecule has 0 aromatic heterocycles. The number of amides is 1. The number of carbonyl (C=O) groups excluding carboxylic acids is 1. The van der Waals surface area contributed by atoms with Crippen LogP contribution in [0.5, 0.6) is 0 Å². The molecule has 0 heterocycles. The molecule has 1 aromatic rings. The Hall–Kier alpha value is -1.59. The third kappa shape index (κ3) is 2.72. The molecule has 0 bridgehead atoms. The lowest BCUT2D eigenvalue weighted by molar-refractivity contribution is -0.143. The van der Waals surface area contributed by atoms with E-state index in [9.17, 15) is 14.7 Å². The smallest absolute Gasteiger partial charge is 0.330 e. The van der Waals surface area contributed by atoms with Gasteiger partial charge in [0.25, 0.3) is 0 Å². The summed E-state index contributed by atoms with van der Waals surface area (Å²) in [5.74, 6) is -1.60. The molecule has 1 atom stereocenters. The van der Waals surface area contributed by atoms with Gasteiger partial charge in [-0.1, -0.05) is 29.8 Å². The fourth-order valence-electron chi connectivity index (χ4n) is 2.04. The number of carboxylic acid groups (broad SMARTS) is 1. The molecule has 5 nitrogen and oxygen atoms in total. The maximum Gasteiger partial charge on any atom is 0.330 e. The largest absolute Gasteiger partial charge is 0.479 e. The lowest BCUT2D eigenvalue weighted by atomic mass is 9.77. The number of carbonyl (C=O) groups is 2. The molecule has 6 heteroatoms. The highest BCUT2D eigenvalue weighted by Crippen LogP contribution is 2.30. The van der Waals surface area contributed by atoms with Gasteiger partial charge < -0.3 is 16.2 Å². The molecule has 2 rings (SSSR count). The van der Waals surface area contributed by atoms with E-state index < -0.39 is 23.5 Å². The second-order valence-electron chi connectivity index (χ2n) is 4.78. The quantitative estimate of drug-likeness (QED) is 0.779. The van der Waals surface area contributed by atoms with Crippen molar-refractivity contribution in [3.05, 3.63) is 34.9 Å². The zero-order chi connectivity index (χ0) is 14.0. The zero-order valence-electron chi connectivity index (χ0n) is 10.2. The predicted octanol–water partition coefficient (Wildman–Crippen LogP) is 1.46. The van der Waals surface area contributed by atoms with Crippen LogP contribution >= 0.6 is 11.6 Å². The van der Waals surface area contributed by atoms with Crippen LogP contribution in [-0.2, 0) is 9.59 Å². The first-order valence-corrected chi connectivity index (χ1v) is 6.39. The van der Waals surface area contributed by atoms with Crippen LogP contribution in [0.25, 0.3) is 0 Å². The van der Waals surface area contributed by atoms with Crippen molar-refractivity contribution in [2.45, 2.75) is 30.8 Å². The van der Waals surface area contributed by atoms with Gasteiger partial charge in [-0.3, -0.25) is 4.79 Å². The van der Waals surface area contributed by atoms with Crippen LogP contribution in [0.4, 0.5) is 0 Å². The highest BCUT2D eigenvalue weighted by molar-refractivity contribution is 6.31. The Kier molecular flexibility index (Phi) is 3.78. The molecular weight excluding hydrogens is 268 g/mol. The number of hydrogen-bond acceptors (Lipinski definition) is 3. The first kappa shape index (κ1) is 13.8. The van der Waals surface area contributed by atoms with Crippen molar-refractivity contribution in [3.63, 3.8) is 0 Å². The summed E-state index contributed by atoms with van der Waals surface area (Å²) in [6.07, 6.45) is 2.04. The lowest BCUT2D eigenvalue weighted by Crippen LogP contribution is -2.59. The van der Waals surface area contributed by atoms with Crippen molar-refractivity contribution < 1.29 is 14.7 Å². The molecule has 102 valence electrons. The molecule has 0 radical (unpaired) electrons. The minimum Gasteiger partial charge on any atom is -0.479 e. The van der Waals surface area contributed by atoms with Gasteiger partial charge in [-0.15, -0.1) is 0 Å². The molecule has 19 heavy (non-hydrogen) atoms. The third-order valence-corrected chi connectivity index (χ3v) is 3.78. The van der Waals surface area contributed by atoms with Gasteiger partial charge >= 0.3 is 5.97 Å². The molecule has 1 amide bonds. The van der Waals surface area contributed by atoms with E-state index in [1.54, 1.807) is 24.3 Å². The topological polar surface area (TPSA) is 92.4 Å². The molecule has 0 unspecified atom stereocenters. The number of halogens is 1.